The van der Waals surface area contributed by atoms with Crippen LogP contribution in [0.3, 0.4) is 0 Å². The van der Waals surface area contributed by atoms with Crippen LogP contribution < -0.4 is 10.6 Å². The van der Waals surface area contributed by atoms with E-state index in [9.17, 15) is 0 Å². The highest BCUT2D eigenvalue weighted by Gasteiger charge is 2.20. The van der Waals surface area contributed by atoms with Gasteiger partial charge in [0.25, 0.3) is 0 Å². The Hall–Kier alpha value is -1.61. The summed E-state index contributed by atoms with van der Waals surface area (Å²) in [5.74, 6) is 0.856. The van der Waals surface area contributed by atoms with Gasteiger partial charge in [-0.2, -0.15) is 0 Å². The molecule has 0 radical (unpaired) electrons. The third-order valence-electron chi connectivity index (χ3n) is 4.33. The molecule has 0 spiro atoms. The molecule has 0 aromatic heterocycles. The molecule has 1 aliphatic rings. The van der Waals surface area contributed by atoms with Crippen molar-refractivity contribution in [1.82, 2.24) is 0 Å². The van der Waals surface area contributed by atoms with Crippen LogP contribution in [0.4, 0.5) is 5.69 Å². The lowest BCUT2D eigenvalue weighted by Gasteiger charge is -2.32. The van der Waals surface area contributed by atoms with Gasteiger partial charge in [0.2, 0.25) is 0 Å². The number of thiocarbonyl (C=S) groups is 1. The van der Waals surface area contributed by atoms with Crippen molar-refractivity contribution in [2.24, 2.45) is 11.7 Å². The minimum absolute atomic E-state index is 0.467. The maximum Gasteiger partial charge on any atom is 0.104 e. The predicted molar refractivity (Wildman–Crippen MR) is 90.4 cm³/mol. The van der Waals surface area contributed by atoms with E-state index in [1.807, 2.05) is 6.07 Å². The van der Waals surface area contributed by atoms with Gasteiger partial charge in [0.1, 0.15) is 4.99 Å². The fraction of sp³-hybridized carbons (Fsp3) is 0.353. The van der Waals surface area contributed by atoms with Crippen LogP contribution in [0.2, 0.25) is 0 Å². The highest BCUT2D eigenvalue weighted by atomic mass is 32.1. The Kier molecular flexibility index (Phi) is 3.62. The molecule has 3 rings (SSSR count). The van der Waals surface area contributed by atoms with Gasteiger partial charge >= 0.3 is 0 Å². The molecule has 104 valence electrons. The van der Waals surface area contributed by atoms with Crippen molar-refractivity contribution in [2.75, 3.05) is 18.5 Å². The van der Waals surface area contributed by atoms with Gasteiger partial charge in [-0.15, -0.1) is 0 Å². The van der Waals surface area contributed by atoms with Gasteiger partial charge in [-0.05, 0) is 36.3 Å². The monoisotopic (exact) mass is 284 g/mol. The lowest BCUT2D eigenvalue weighted by molar-refractivity contribution is 0.321. The molecule has 20 heavy (non-hydrogen) atoms. The normalized spacial score (nSPS) is 15.1. The first kappa shape index (κ1) is 13.4. The standard InChI is InChI=1S/C17H20N2S/c1-19(11-12-5-4-6-12)16-10-9-15(17(18)20)13-7-2-3-8-14(13)16/h2-3,7-10,12H,4-6,11H2,1H3,(H2,18,20). The maximum atomic E-state index is 5.84. The Morgan fingerprint density at radius 2 is 1.90 bits per heavy atom. The highest BCUT2D eigenvalue weighted by Crippen LogP contribution is 2.32. The summed E-state index contributed by atoms with van der Waals surface area (Å²) in [6, 6.07) is 12.6. The van der Waals surface area contributed by atoms with Gasteiger partial charge in [-0.1, -0.05) is 42.9 Å². The van der Waals surface area contributed by atoms with Gasteiger partial charge in [0.15, 0.2) is 0 Å². The second kappa shape index (κ2) is 5.41. The van der Waals surface area contributed by atoms with Crippen molar-refractivity contribution < 1.29 is 0 Å². The quantitative estimate of drug-likeness (QED) is 0.868. The molecule has 2 N–H and O–H groups in total. The molecule has 0 bridgehead atoms. The molecule has 0 aliphatic heterocycles. The van der Waals surface area contributed by atoms with Gasteiger partial charge in [-0.3, -0.25) is 0 Å². The van der Waals surface area contributed by atoms with Crippen LogP contribution in [0.5, 0.6) is 0 Å². The number of nitrogens with two attached hydrogens (primary N) is 1. The summed E-state index contributed by atoms with van der Waals surface area (Å²) >= 11 is 5.16. The van der Waals surface area contributed by atoms with E-state index in [4.69, 9.17) is 18.0 Å². The summed E-state index contributed by atoms with van der Waals surface area (Å²) in [5.41, 5.74) is 8.07. The second-order valence-corrected chi connectivity index (χ2v) is 6.16. The summed E-state index contributed by atoms with van der Waals surface area (Å²) in [5, 5.41) is 2.39. The Labute approximate surface area is 125 Å². The number of hydrogen-bond acceptors (Lipinski definition) is 2. The SMILES string of the molecule is CN(CC1CCC1)c1ccc(C(N)=S)c2ccccc12. The third-order valence-corrected chi connectivity index (χ3v) is 4.55. The molecule has 2 aromatic rings. The van der Waals surface area contributed by atoms with Crippen molar-refractivity contribution >= 4 is 33.7 Å². The van der Waals surface area contributed by atoms with E-state index in [1.165, 1.54) is 30.3 Å². The molecule has 0 unspecified atom stereocenters. The topological polar surface area (TPSA) is 29.3 Å². The van der Waals surface area contributed by atoms with E-state index in [0.717, 1.165) is 23.4 Å². The Balaban J connectivity index is 2.02. The fourth-order valence-electron chi connectivity index (χ4n) is 2.99. The van der Waals surface area contributed by atoms with E-state index in [2.05, 4.69) is 42.3 Å². The van der Waals surface area contributed by atoms with Crippen molar-refractivity contribution in [3.05, 3.63) is 42.0 Å². The zero-order valence-corrected chi connectivity index (χ0v) is 12.6. The van der Waals surface area contributed by atoms with E-state index in [-0.39, 0.29) is 0 Å². The average Bonchev–Trinajstić information content (AvgIpc) is 2.41. The largest absolute Gasteiger partial charge is 0.389 e. The van der Waals surface area contributed by atoms with E-state index >= 15 is 0 Å². The number of anilines is 1. The molecule has 0 saturated heterocycles. The van der Waals surface area contributed by atoms with Crippen LogP contribution in [0.1, 0.15) is 24.8 Å². The molecule has 2 aromatic carbocycles. The van der Waals surface area contributed by atoms with Crippen molar-refractivity contribution in [3.63, 3.8) is 0 Å². The summed E-state index contributed by atoms with van der Waals surface area (Å²) in [7, 11) is 2.18. The van der Waals surface area contributed by atoms with E-state index in [0.29, 0.717) is 4.99 Å². The third kappa shape index (κ3) is 2.38. The number of hydrogen-bond donors (Lipinski definition) is 1. The van der Waals surface area contributed by atoms with Crippen LogP contribution in [-0.2, 0) is 0 Å². The Morgan fingerprint density at radius 3 is 2.50 bits per heavy atom. The predicted octanol–water partition coefficient (Wildman–Crippen LogP) is 3.71. The van der Waals surface area contributed by atoms with Gasteiger partial charge < -0.3 is 10.6 Å². The summed E-state index contributed by atoms with van der Waals surface area (Å²) < 4.78 is 0. The Bertz CT molecular complexity index is 646. The van der Waals surface area contributed by atoms with Crippen LogP contribution in [0.25, 0.3) is 10.8 Å². The number of fused-ring (bicyclic) bond motifs is 1. The number of nitrogens with zero attached hydrogens (tertiary/aromatic N) is 1. The molecular weight excluding hydrogens is 264 g/mol. The van der Waals surface area contributed by atoms with Crippen molar-refractivity contribution in [3.8, 4) is 0 Å². The first-order valence-corrected chi connectivity index (χ1v) is 7.60. The molecule has 2 nitrogen and oxygen atoms in total. The van der Waals surface area contributed by atoms with Crippen molar-refractivity contribution in [2.45, 2.75) is 19.3 Å². The molecule has 1 fully saturated rings. The first-order valence-electron chi connectivity index (χ1n) is 7.19. The number of rotatable bonds is 4. The van der Waals surface area contributed by atoms with Crippen LogP contribution in [-0.4, -0.2) is 18.6 Å². The highest BCUT2D eigenvalue weighted by molar-refractivity contribution is 7.80. The summed E-state index contributed by atoms with van der Waals surface area (Å²) in [6.07, 6.45) is 4.13. The van der Waals surface area contributed by atoms with Crippen LogP contribution >= 0.6 is 12.2 Å². The van der Waals surface area contributed by atoms with Gasteiger partial charge in [-0.25, -0.2) is 0 Å². The first-order chi connectivity index (χ1) is 9.66. The Morgan fingerprint density at radius 1 is 1.20 bits per heavy atom. The van der Waals surface area contributed by atoms with E-state index in [1.54, 1.807) is 0 Å². The van der Waals surface area contributed by atoms with Crippen molar-refractivity contribution in [1.29, 1.82) is 0 Å². The van der Waals surface area contributed by atoms with E-state index < -0.39 is 0 Å². The lowest BCUT2D eigenvalue weighted by atomic mass is 9.85. The molecule has 0 amide bonds. The van der Waals surface area contributed by atoms with Crippen LogP contribution in [0.15, 0.2) is 36.4 Å². The zero-order chi connectivity index (χ0) is 14.1. The molecule has 1 aliphatic carbocycles. The molecule has 0 heterocycles. The maximum absolute atomic E-state index is 5.84. The summed E-state index contributed by atoms with van der Waals surface area (Å²) in [4.78, 5) is 2.84. The van der Waals surface area contributed by atoms with Gasteiger partial charge in [0.05, 0.1) is 0 Å². The smallest absolute Gasteiger partial charge is 0.104 e. The molecular formula is C17H20N2S. The molecule has 0 atom stereocenters. The number of benzene rings is 2. The second-order valence-electron chi connectivity index (χ2n) is 5.72. The molecule has 3 heteroatoms. The zero-order valence-electron chi connectivity index (χ0n) is 11.8. The van der Waals surface area contributed by atoms with Gasteiger partial charge in [0, 0.05) is 30.2 Å². The molecule has 1 saturated carbocycles. The average molecular weight is 284 g/mol. The van der Waals surface area contributed by atoms with Crippen LogP contribution in [0, 0.1) is 5.92 Å². The summed E-state index contributed by atoms with van der Waals surface area (Å²) in [6.45, 7) is 1.14. The fourth-order valence-corrected chi connectivity index (χ4v) is 3.17. The lowest BCUT2D eigenvalue weighted by Crippen LogP contribution is -2.29. The minimum atomic E-state index is 0.467. The minimum Gasteiger partial charge on any atom is -0.389 e.